The van der Waals surface area contributed by atoms with E-state index in [0.717, 1.165) is 62.2 Å². The Morgan fingerprint density at radius 1 is 1.12 bits per heavy atom. The molecule has 6 heteroatoms. The molecule has 186 valence electrons. The van der Waals surface area contributed by atoms with Gasteiger partial charge in [0.2, 0.25) is 0 Å². The zero-order chi connectivity index (χ0) is 23.8. The van der Waals surface area contributed by atoms with Gasteiger partial charge in [0.15, 0.2) is 0 Å². The zero-order valence-electron chi connectivity index (χ0n) is 21.5. The van der Waals surface area contributed by atoms with Crippen LogP contribution in [0.1, 0.15) is 85.5 Å². The van der Waals surface area contributed by atoms with Gasteiger partial charge in [-0.15, -0.1) is 0 Å². The van der Waals surface area contributed by atoms with Gasteiger partial charge in [0, 0.05) is 38.9 Å². The Bertz CT molecular complexity index is 783. The lowest BCUT2D eigenvalue weighted by Gasteiger charge is -2.60. The van der Waals surface area contributed by atoms with E-state index in [-0.39, 0.29) is 11.5 Å². The molecule has 0 heterocycles. The van der Waals surface area contributed by atoms with E-state index in [1.807, 2.05) is 0 Å². The summed E-state index contributed by atoms with van der Waals surface area (Å²) in [5.41, 5.74) is 1.58. The van der Waals surface area contributed by atoms with E-state index in [1.54, 1.807) is 11.9 Å². The first-order valence-corrected chi connectivity index (χ1v) is 13.4. The molecule has 1 N–H and O–H groups in total. The van der Waals surface area contributed by atoms with Crippen molar-refractivity contribution in [3.05, 3.63) is 0 Å². The first kappa shape index (κ1) is 24.7. The predicted octanol–water partition coefficient (Wildman–Crippen LogP) is 5.27. The lowest BCUT2D eigenvalue weighted by molar-refractivity contribution is -0.138. The van der Waals surface area contributed by atoms with Crippen LogP contribution in [-0.4, -0.2) is 49.2 Å². The first-order chi connectivity index (χ1) is 15.7. The minimum Gasteiger partial charge on any atom is -0.315 e. The normalized spacial score (nSPS) is 40.6. The largest absolute Gasteiger partial charge is 0.435 e. The third-order valence-corrected chi connectivity index (χ3v) is 10.4. The van der Waals surface area contributed by atoms with Crippen LogP contribution in [0.4, 0.5) is 4.79 Å². The standard InChI is InChI=1S/C27H45N3O3/c1-6-28-15-16-30(5)25(32)33-29-18(2)22-9-10-23-21-8-7-19-17-20(31)11-13-26(19,3)24(21)12-14-27(22,23)4/h19,21-24,28H,6-17H2,1-5H3/b29-18+/t19-,21-,22+,23-,24-,26-,27+/m0/s1. The number of amides is 1. The van der Waals surface area contributed by atoms with Crippen molar-refractivity contribution >= 4 is 17.6 Å². The quantitative estimate of drug-likeness (QED) is 0.254. The third-order valence-electron chi connectivity index (χ3n) is 10.4. The first-order valence-electron chi connectivity index (χ1n) is 13.4. The summed E-state index contributed by atoms with van der Waals surface area (Å²) in [6.07, 6.45) is 9.75. The Balaban J connectivity index is 1.42. The molecule has 0 bridgehead atoms. The number of ketones is 1. The molecule has 0 aliphatic heterocycles. The molecular weight excluding hydrogens is 414 g/mol. The van der Waals surface area contributed by atoms with E-state index in [9.17, 15) is 9.59 Å². The van der Waals surface area contributed by atoms with Gasteiger partial charge in [0.1, 0.15) is 5.78 Å². The summed E-state index contributed by atoms with van der Waals surface area (Å²) < 4.78 is 0. The van der Waals surface area contributed by atoms with E-state index >= 15 is 0 Å². The van der Waals surface area contributed by atoms with Crippen LogP contribution in [0.2, 0.25) is 0 Å². The highest BCUT2D eigenvalue weighted by Gasteiger charge is 2.60. The molecule has 4 saturated carbocycles. The second-order valence-corrected chi connectivity index (χ2v) is 11.9. The van der Waals surface area contributed by atoms with Gasteiger partial charge >= 0.3 is 6.09 Å². The molecule has 33 heavy (non-hydrogen) atoms. The molecule has 4 aliphatic rings. The summed E-state index contributed by atoms with van der Waals surface area (Å²) >= 11 is 0. The summed E-state index contributed by atoms with van der Waals surface area (Å²) in [7, 11) is 1.76. The summed E-state index contributed by atoms with van der Waals surface area (Å²) in [5.74, 6) is 3.75. The number of Topliss-reactive ketones (excluding diaryl/α,β-unsaturated/α-hetero) is 1. The van der Waals surface area contributed by atoms with Crippen molar-refractivity contribution < 1.29 is 14.4 Å². The van der Waals surface area contributed by atoms with Crippen LogP contribution in [0.25, 0.3) is 0 Å². The number of nitrogens with zero attached hydrogens (tertiary/aromatic N) is 2. The maximum absolute atomic E-state index is 12.3. The Kier molecular flexibility index (Phi) is 7.24. The molecule has 0 aromatic rings. The average molecular weight is 460 g/mol. The number of fused-ring (bicyclic) bond motifs is 5. The third kappa shape index (κ3) is 4.49. The average Bonchev–Trinajstić information content (AvgIpc) is 3.15. The highest BCUT2D eigenvalue weighted by atomic mass is 16.7. The van der Waals surface area contributed by atoms with E-state index in [1.165, 1.54) is 32.1 Å². The van der Waals surface area contributed by atoms with Crippen molar-refractivity contribution in [2.24, 2.45) is 45.6 Å². The van der Waals surface area contributed by atoms with Crippen LogP contribution in [0, 0.1) is 40.4 Å². The molecule has 0 spiro atoms. The maximum Gasteiger partial charge on any atom is 0.435 e. The summed E-state index contributed by atoms with van der Waals surface area (Å²) in [6.45, 7) is 11.4. The van der Waals surface area contributed by atoms with Crippen molar-refractivity contribution in [1.29, 1.82) is 0 Å². The van der Waals surface area contributed by atoms with Crippen LogP contribution in [-0.2, 0) is 9.63 Å². The predicted molar refractivity (Wildman–Crippen MR) is 131 cm³/mol. The van der Waals surface area contributed by atoms with E-state index in [4.69, 9.17) is 4.84 Å². The molecule has 0 saturated heterocycles. The Hall–Kier alpha value is -1.43. The molecule has 0 radical (unpaired) electrons. The number of likely N-dealkylation sites (N-methyl/N-ethyl adjacent to an activating group) is 2. The Morgan fingerprint density at radius 3 is 2.64 bits per heavy atom. The molecule has 1 amide bonds. The van der Waals surface area contributed by atoms with Crippen molar-refractivity contribution in [2.45, 2.75) is 85.5 Å². The van der Waals surface area contributed by atoms with Crippen LogP contribution in [0.3, 0.4) is 0 Å². The molecule has 0 aromatic heterocycles. The molecular formula is C27H45N3O3. The monoisotopic (exact) mass is 459 g/mol. The minimum atomic E-state index is -0.381. The van der Waals surface area contributed by atoms with Gasteiger partial charge in [-0.3, -0.25) is 9.63 Å². The van der Waals surface area contributed by atoms with E-state index in [0.29, 0.717) is 29.6 Å². The van der Waals surface area contributed by atoms with Gasteiger partial charge in [-0.2, -0.15) is 0 Å². The van der Waals surface area contributed by atoms with Gasteiger partial charge in [-0.05, 0) is 92.9 Å². The highest BCUT2D eigenvalue weighted by Crippen LogP contribution is 2.67. The molecule has 0 unspecified atom stereocenters. The van der Waals surface area contributed by atoms with Gasteiger partial charge in [0.05, 0.1) is 5.71 Å². The second kappa shape index (κ2) is 9.67. The Labute approximate surface area is 200 Å². The number of nitrogens with one attached hydrogen (secondary N) is 1. The number of carbonyl (C=O) groups excluding carboxylic acids is 2. The molecule has 7 atom stereocenters. The van der Waals surface area contributed by atoms with Crippen molar-refractivity contribution in [1.82, 2.24) is 10.2 Å². The topological polar surface area (TPSA) is 71.0 Å². The lowest BCUT2D eigenvalue weighted by atomic mass is 9.44. The van der Waals surface area contributed by atoms with Crippen LogP contribution < -0.4 is 5.32 Å². The SMILES string of the molecule is CCNCCN(C)C(=O)O/N=C(\C)[C@H]1CC[C@H]2[C@@H]3CC[C@H]4CC(=O)CC[C@]4(C)[C@H]3CC[C@]12C. The number of hydrogen-bond donors (Lipinski definition) is 1. The lowest BCUT2D eigenvalue weighted by Crippen LogP contribution is -2.53. The fourth-order valence-electron chi connectivity index (χ4n) is 8.49. The van der Waals surface area contributed by atoms with E-state index in [2.05, 4.69) is 38.2 Å². The number of hydrogen-bond acceptors (Lipinski definition) is 5. The van der Waals surface area contributed by atoms with Gasteiger partial charge in [-0.25, -0.2) is 4.79 Å². The smallest absolute Gasteiger partial charge is 0.315 e. The number of carbonyl (C=O) groups is 2. The second-order valence-electron chi connectivity index (χ2n) is 11.9. The van der Waals surface area contributed by atoms with Crippen molar-refractivity contribution in [3.63, 3.8) is 0 Å². The Morgan fingerprint density at radius 2 is 1.88 bits per heavy atom. The molecule has 4 aliphatic carbocycles. The van der Waals surface area contributed by atoms with Crippen molar-refractivity contribution in [2.75, 3.05) is 26.7 Å². The van der Waals surface area contributed by atoms with Gasteiger partial charge in [-0.1, -0.05) is 25.9 Å². The minimum absolute atomic E-state index is 0.242. The van der Waals surface area contributed by atoms with Crippen LogP contribution in [0.5, 0.6) is 0 Å². The van der Waals surface area contributed by atoms with Crippen LogP contribution in [0.15, 0.2) is 5.16 Å². The molecule has 0 aromatic carbocycles. The molecule has 4 rings (SSSR count). The van der Waals surface area contributed by atoms with E-state index < -0.39 is 0 Å². The number of rotatable bonds is 6. The maximum atomic E-state index is 12.3. The molecule has 4 fully saturated rings. The fourth-order valence-corrected chi connectivity index (χ4v) is 8.49. The summed E-state index contributed by atoms with van der Waals surface area (Å²) in [5, 5.41) is 7.57. The number of oxime groups is 1. The van der Waals surface area contributed by atoms with Crippen molar-refractivity contribution in [3.8, 4) is 0 Å². The highest BCUT2D eigenvalue weighted by molar-refractivity contribution is 5.85. The zero-order valence-corrected chi connectivity index (χ0v) is 21.5. The fraction of sp³-hybridized carbons (Fsp3) is 0.889. The molecule has 6 nitrogen and oxygen atoms in total. The van der Waals surface area contributed by atoms with Crippen LogP contribution >= 0.6 is 0 Å². The van der Waals surface area contributed by atoms with Gasteiger partial charge in [0.25, 0.3) is 0 Å². The summed E-state index contributed by atoms with van der Waals surface area (Å²) in [6, 6.07) is 0. The van der Waals surface area contributed by atoms with Gasteiger partial charge < -0.3 is 10.2 Å². The summed E-state index contributed by atoms with van der Waals surface area (Å²) in [4.78, 5) is 31.4.